The van der Waals surface area contributed by atoms with E-state index in [1.165, 1.54) is 0 Å². The minimum absolute atomic E-state index is 0.0123. The van der Waals surface area contributed by atoms with Crippen molar-refractivity contribution in [3.8, 4) is 11.1 Å². The first kappa shape index (κ1) is 25.0. The van der Waals surface area contributed by atoms with E-state index < -0.39 is 41.2 Å². The number of benzene rings is 2. The second kappa shape index (κ2) is 9.71. The topological polar surface area (TPSA) is 90.9 Å². The Morgan fingerprint density at radius 1 is 1.03 bits per heavy atom. The van der Waals surface area contributed by atoms with Crippen LogP contribution in [0.25, 0.3) is 11.1 Å². The van der Waals surface area contributed by atoms with E-state index in [9.17, 15) is 14.4 Å². The molecule has 2 aromatic carbocycles. The summed E-state index contributed by atoms with van der Waals surface area (Å²) in [5.41, 5.74) is 2.13. The van der Waals surface area contributed by atoms with E-state index in [-0.39, 0.29) is 12.2 Å². The number of esters is 1. The van der Waals surface area contributed by atoms with E-state index in [4.69, 9.17) is 14.2 Å². The third-order valence-corrected chi connectivity index (χ3v) is 5.10. The summed E-state index contributed by atoms with van der Waals surface area (Å²) in [5, 5.41) is 2.61. The van der Waals surface area contributed by atoms with Crippen LogP contribution in [0.5, 0.6) is 0 Å². The van der Waals surface area contributed by atoms with Gasteiger partial charge in [0.2, 0.25) is 5.79 Å². The summed E-state index contributed by atoms with van der Waals surface area (Å²) in [6.45, 7) is 12.0. The Hall–Kier alpha value is -3.61. The molecule has 7 heteroatoms. The third-order valence-electron chi connectivity index (χ3n) is 5.10. The molecule has 1 N–H and O–H groups in total. The van der Waals surface area contributed by atoms with Crippen LogP contribution in [0.1, 0.15) is 40.2 Å². The van der Waals surface area contributed by atoms with Crippen molar-refractivity contribution in [1.29, 1.82) is 0 Å². The van der Waals surface area contributed by atoms with E-state index in [1.54, 1.807) is 34.6 Å². The van der Waals surface area contributed by atoms with Crippen molar-refractivity contribution in [2.75, 3.05) is 0 Å². The molecule has 1 unspecified atom stereocenters. The number of carbonyl (C=O) groups is 3. The molecule has 7 nitrogen and oxygen atoms in total. The summed E-state index contributed by atoms with van der Waals surface area (Å²) >= 11 is 0. The average molecular weight is 466 g/mol. The highest BCUT2D eigenvalue weighted by Gasteiger charge is 2.45. The predicted octanol–water partition coefficient (Wildman–Crippen LogP) is 4.80. The number of alkyl carbamates (subject to hydrolysis) is 1. The highest BCUT2D eigenvalue weighted by atomic mass is 16.7. The molecule has 0 bridgehead atoms. The highest BCUT2D eigenvalue weighted by molar-refractivity contribution is 6.05. The number of Topliss-reactive ketones (excluding diaryl/α,β-unsaturated/α-hetero) is 1. The van der Waals surface area contributed by atoms with Gasteiger partial charge in [0.1, 0.15) is 11.4 Å². The molecule has 1 aliphatic rings. The number of hydrogen-bond acceptors (Lipinski definition) is 6. The molecule has 34 heavy (non-hydrogen) atoms. The van der Waals surface area contributed by atoms with Crippen molar-refractivity contribution in [1.82, 2.24) is 5.32 Å². The minimum Gasteiger partial charge on any atom is -0.456 e. The molecular weight excluding hydrogens is 434 g/mol. The monoisotopic (exact) mass is 465 g/mol. The van der Waals surface area contributed by atoms with Gasteiger partial charge >= 0.3 is 12.1 Å². The van der Waals surface area contributed by atoms with E-state index in [0.29, 0.717) is 0 Å². The van der Waals surface area contributed by atoms with Gasteiger partial charge in [-0.1, -0.05) is 61.2 Å². The lowest BCUT2D eigenvalue weighted by Crippen LogP contribution is -2.52. The van der Waals surface area contributed by atoms with Gasteiger partial charge < -0.3 is 19.5 Å². The van der Waals surface area contributed by atoms with Crippen LogP contribution in [0.3, 0.4) is 0 Å². The maximum absolute atomic E-state index is 13.4. The van der Waals surface area contributed by atoms with Crippen LogP contribution in [0.15, 0.2) is 66.9 Å². The summed E-state index contributed by atoms with van der Waals surface area (Å²) in [6, 6.07) is 16.5. The molecule has 1 amide bonds. The fourth-order valence-corrected chi connectivity index (χ4v) is 3.68. The van der Waals surface area contributed by atoms with Crippen molar-refractivity contribution in [2.45, 2.75) is 58.5 Å². The molecule has 0 aliphatic carbocycles. The summed E-state index contributed by atoms with van der Waals surface area (Å²) < 4.78 is 16.1. The Kier molecular flexibility index (Phi) is 7.15. The number of nitrogens with one attached hydrogen (secondary N) is 1. The summed E-state index contributed by atoms with van der Waals surface area (Å²) in [5.74, 6) is -3.92. The van der Waals surface area contributed by atoms with Crippen LogP contribution in [0.2, 0.25) is 0 Å². The summed E-state index contributed by atoms with van der Waals surface area (Å²) in [6.07, 6.45) is -0.615. The Bertz CT molecular complexity index is 1050. The zero-order valence-corrected chi connectivity index (χ0v) is 20.2. The van der Waals surface area contributed by atoms with E-state index in [2.05, 4.69) is 11.9 Å². The molecule has 0 spiro atoms. The molecule has 1 saturated heterocycles. The van der Waals surface area contributed by atoms with Gasteiger partial charge in [-0.3, -0.25) is 9.59 Å². The molecule has 3 rings (SSSR count). The number of amides is 1. The van der Waals surface area contributed by atoms with Gasteiger partial charge in [0.15, 0.2) is 11.7 Å². The molecule has 1 fully saturated rings. The lowest BCUT2D eigenvalue weighted by molar-refractivity contribution is -0.226. The first-order valence-corrected chi connectivity index (χ1v) is 11.1. The van der Waals surface area contributed by atoms with Gasteiger partial charge in [-0.15, -0.1) is 0 Å². The molecular formula is C27H31NO6. The Balaban J connectivity index is 1.83. The van der Waals surface area contributed by atoms with Crippen LogP contribution in [-0.2, 0) is 30.2 Å². The Morgan fingerprint density at radius 2 is 1.62 bits per heavy atom. The second-order valence-corrected chi connectivity index (χ2v) is 9.69. The van der Waals surface area contributed by atoms with E-state index in [1.807, 2.05) is 54.6 Å². The van der Waals surface area contributed by atoms with Gasteiger partial charge in [-0.2, -0.15) is 0 Å². The zero-order chi connectivity index (χ0) is 25.1. The fraction of sp³-hybridized carbons (Fsp3) is 0.370. The SMILES string of the molecule is C=C1OC(C)(C)OC(=O)C1C(=O)[C@@H](Cc1ccc(-c2ccccc2)cc1)NC(=O)OC(C)(C)C. The zero-order valence-electron chi connectivity index (χ0n) is 20.2. The van der Waals surface area contributed by atoms with Gasteiger partial charge in [0.25, 0.3) is 0 Å². The number of hydrogen-bond donors (Lipinski definition) is 1. The van der Waals surface area contributed by atoms with Crippen LogP contribution in [0, 0.1) is 5.92 Å². The van der Waals surface area contributed by atoms with E-state index in [0.717, 1.165) is 16.7 Å². The average Bonchev–Trinajstić information content (AvgIpc) is 2.71. The first-order valence-electron chi connectivity index (χ1n) is 11.1. The quantitative estimate of drug-likeness (QED) is 0.487. The molecule has 2 atom stereocenters. The number of ether oxygens (including phenoxy) is 3. The second-order valence-electron chi connectivity index (χ2n) is 9.69. The number of cyclic esters (lactones) is 1. The van der Waals surface area contributed by atoms with Gasteiger partial charge in [-0.05, 0) is 43.9 Å². The van der Waals surface area contributed by atoms with E-state index >= 15 is 0 Å². The Labute approximate surface area is 200 Å². The molecule has 2 aromatic rings. The Morgan fingerprint density at radius 3 is 2.18 bits per heavy atom. The molecule has 180 valence electrons. The highest BCUT2D eigenvalue weighted by Crippen LogP contribution is 2.31. The van der Waals surface area contributed by atoms with Gasteiger partial charge in [-0.25, -0.2) is 4.79 Å². The lowest BCUT2D eigenvalue weighted by Gasteiger charge is -2.36. The molecule has 0 saturated carbocycles. The summed E-state index contributed by atoms with van der Waals surface area (Å²) in [4.78, 5) is 38.5. The van der Waals surface area contributed by atoms with Crippen molar-refractivity contribution in [2.24, 2.45) is 5.92 Å². The summed E-state index contributed by atoms with van der Waals surface area (Å²) in [7, 11) is 0. The van der Waals surface area contributed by atoms with Crippen molar-refractivity contribution < 1.29 is 28.6 Å². The van der Waals surface area contributed by atoms with Crippen molar-refractivity contribution >= 4 is 17.8 Å². The number of rotatable bonds is 6. The third kappa shape index (κ3) is 6.47. The van der Waals surface area contributed by atoms with Crippen LogP contribution >= 0.6 is 0 Å². The molecule has 0 radical (unpaired) electrons. The van der Waals surface area contributed by atoms with Crippen LogP contribution < -0.4 is 5.32 Å². The number of ketones is 1. The number of carbonyl (C=O) groups excluding carboxylic acids is 3. The lowest BCUT2D eigenvalue weighted by atomic mass is 9.91. The minimum atomic E-state index is -1.35. The predicted molar refractivity (Wildman–Crippen MR) is 128 cm³/mol. The normalized spacial score (nSPS) is 18.3. The van der Waals surface area contributed by atoms with Gasteiger partial charge in [0.05, 0.1) is 6.04 Å². The van der Waals surface area contributed by atoms with Gasteiger partial charge in [0, 0.05) is 13.8 Å². The molecule has 1 aliphatic heterocycles. The fourth-order valence-electron chi connectivity index (χ4n) is 3.68. The molecule has 0 aromatic heterocycles. The standard InChI is InChI=1S/C27H31NO6/c1-17-22(24(30)33-27(5,6)32-17)23(29)21(28-25(31)34-26(2,3)4)16-18-12-14-20(15-13-18)19-10-8-7-9-11-19/h7-15,21-22H,1,16H2,2-6H3,(H,28,31)/t21-,22?/m1/s1. The van der Waals surface area contributed by atoms with Crippen LogP contribution in [-0.4, -0.2) is 35.3 Å². The van der Waals surface area contributed by atoms with Crippen molar-refractivity contribution in [3.63, 3.8) is 0 Å². The largest absolute Gasteiger partial charge is 0.456 e. The maximum atomic E-state index is 13.4. The van der Waals surface area contributed by atoms with Crippen molar-refractivity contribution in [3.05, 3.63) is 72.5 Å². The smallest absolute Gasteiger partial charge is 0.408 e. The maximum Gasteiger partial charge on any atom is 0.408 e. The first-order chi connectivity index (χ1) is 15.8. The van der Waals surface area contributed by atoms with Crippen LogP contribution in [0.4, 0.5) is 4.79 Å². The molecule has 1 heterocycles.